The van der Waals surface area contributed by atoms with Gasteiger partial charge in [0.2, 0.25) is 0 Å². The van der Waals surface area contributed by atoms with Gasteiger partial charge in [0.25, 0.3) is 0 Å². The summed E-state index contributed by atoms with van der Waals surface area (Å²) in [5.74, 6) is 1.62. The van der Waals surface area contributed by atoms with Crippen molar-refractivity contribution in [2.45, 2.75) is 44.9 Å². The van der Waals surface area contributed by atoms with Gasteiger partial charge in [-0.3, -0.25) is 0 Å². The zero-order valence-corrected chi connectivity index (χ0v) is 10.4. The van der Waals surface area contributed by atoms with Crippen LogP contribution in [0.1, 0.15) is 51.0 Å². The van der Waals surface area contributed by atoms with Crippen molar-refractivity contribution >= 4 is 15.9 Å². The highest BCUT2D eigenvalue weighted by atomic mass is 79.9. The lowest BCUT2D eigenvalue weighted by Crippen LogP contribution is -2.16. The Morgan fingerprint density at radius 2 is 2.00 bits per heavy atom. The zero-order chi connectivity index (χ0) is 10.3. The molecule has 0 bridgehead atoms. The van der Waals surface area contributed by atoms with Crippen LogP contribution in [0, 0.1) is 0 Å². The fraction of sp³-hybridized carbons (Fsp3) is 0.636. The van der Waals surface area contributed by atoms with Gasteiger partial charge in [0.15, 0.2) is 0 Å². The Morgan fingerprint density at radius 1 is 1.36 bits per heavy atom. The Balaban J connectivity index is 2.40. The lowest BCUT2D eigenvalue weighted by atomic mass is 9.95. The molecule has 1 aliphatic rings. The van der Waals surface area contributed by atoms with Gasteiger partial charge in [0, 0.05) is 17.5 Å². The van der Waals surface area contributed by atoms with E-state index in [9.17, 15) is 0 Å². The number of nitrogens with zero attached hydrogens (tertiary/aromatic N) is 2. The minimum atomic E-state index is 0.0460. The van der Waals surface area contributed by atoms with E-state index in [1.165, 1.54) is 18.5 Å². The van der Waals surface area contributed by atoms with Crippen molar-refractivity contribution in [3.05, 3.63) is 22.2 Å². The summed E-state index contributed by atoms with van der Waals surface area (Å²) in [6.07, 6.45) is 4.44. The summed E-state index contributed by atoms with van der Waals surface area (Å²) in [7, 11) is 0. The molecule has 1 aliphatic carbocycles. The standard InChI is InChI=1S/C11H15BrN2/c1-11(2,3)10-13-6-8(12)9(14-10)7-4-5-7/h6-7H,4-5H2,1-3H3. The first kappa shape index (κ1) is 10.1. The highest BCUT2D eigenvalue weighted by Crippen LogP contribution is 2.42. The highest BCUT2D eigenvalue weighted by Gasteiger charge is 2.29. The second kappa shape index (κ2) is 3.30. The van der Waals surface area contributed by atoms with E-state index < -0.39 is 0 Å². The van der Waals surface area contributed by atoms with Crippen molar-refractivity contribution in [1.82, 2.24) is 9.97 Å². The molecule has 0 amide bonds. The van der Waals surface area contributed by atoms with Crippen LogP contribution in [0.25, 0.3) is 0 Å². The van der Waals surface area contributed by atoms with Crippen LogP contribution in [0.5, 0.6) is 0 Å². The van der Waals surface area contributed by atoms with Crippen LogP contribution in [0.3, 0.4) is 0 Å². The molecule has 0 aromatic carbocycles. The van der Waals surface area contributed by atoms with Crippen molar-refractivity contribution in [2.75, 3.05) is 0 Å². The molecule has 0 aliphatic heterocycles. The van der Waals surface area contributed by atoms with Gasteiger partial charge >= 0.3 is 0 Å². The predicted molar refractivity (Wildman–Crippen MR) is 60.4 cm³/mol. The molecule has 2 rings (SSSR count). The Hall–Kier alpha value is -0.440. The van der Waals surface area contributed by atoms with Crippen molar-refractivity contribution < 1.29 is 0 Å². The maximum atomic E-state index is 4.65. The minimum absolute atomic E-state index is 0.0460. The molecule has 1 aromatic rings. The molecule has 3 heteroatoms. The van der Waals surface area contributed by atoms with Crippen LogP contribution in [0.4, 0.5) is 0 Å². The predicted octanol–water partition coefficient (Wildman–Crippen LogP) is 3.41. The van der Waals surface area contributed by atoms with Gasteiger partial charge < -0.3 is 0 Å². The highest BCUT2D eigenvalue weighted by molar-refractivity contribution is 9.10. The van der Waals surface area contributed by atoms with Gasteiger partial charge in [-0.25, -0.2) is 9.97 Å². The second-order valence-corrected chi connectivity index (χ2v) is 5.81. The maximum Gasteiger partial charge on any atom is 0.133 e. The molecular formula is C11H15BrN2. The Morgan fingerprint density at radius 3 is 2.50 bits per heavy atom. The third-order valence-corrected chi connectivity index (χ3v) is 3.02. The fourth-order valence-corrected chi connectivity index (χ4v) is 1.90. The van der Waals surface area contributed by atoms with Gasteiger partial charge in [-0.2, -0.15) is 0 Å². The minimum Gasteiger partial charge on any atom is -0.240 e. The average molecular weight is 255 g/mol. The molecule has 0 radical (unpaired) electrons. The Kier molecular flexibility index (Phi) is 2.38. The molecule has 76 valence electrons. The molecule has 2 nitrogen and oxygen atoms in total. The van der Waals surface area contributed by atoms with Gasteiger partial charge in [-0.15, -0.1) is 0 Å². The van der Waals surface area contributed by atoms with Crippen LogP contribution in [-0.2, 0) is 5.41 Å². The number of halogens is 1. The van der Waals surface area contributed by atoms with Crippen LogP contribution in [0.2, 0.25) is 0 Å². The molecule has 0 unspecified atom stereocenters. The molecule has 1 aromatic heterocycles. The quantitative estimate of drug-likeness (QED) is 0.768. The first-order valence-corrected chi connectivity index (χ1v) is 5.80. The molecule has 14 heavy (non-hydrogen) atoms. The van der Waals surface area contributed by atoms with Crippen LogP contribution >= 0.6 is 15.9 Å². The van der Waals surface area contributed by atoms with E-state index >= 15 is 0 Å². The van der Waals surface area contributed by atoms with E-state index in [-0.39, 0.29) is 5.41 Å². The Bertz CT molecular complexity index is 351. The van der Waals surface area contributed by atoms with Crippen molar-refractivity contribution in [2.24, 2.45) is 0 Å². The SMILES string of the molecule is CC(C)(C)c1ncc(Br)c(C2CC2)n1. The van der Waals surface area contributed by atoms with Crippen molar-refractivity contribution in [3.8, 4) is 0 Å². The smallest absolute Gasteiger partial charge is 0.133 e. The van der Waals surface area contributed by atoms with Gasteiger partial charge in [0.1, 0.15) is 5.82 Å². The monoisotopic (exact) mass is 254 g/mol. The number of hydrogen-bond donors (Lipinski definition) is 0. The summed E-state index contributed by atoms with van der Waals surface area (Å²) in [5.41, 5.74) is 1.24. The summed E-state index contributed by atoms with van der Waals surface area (Å²) in [6, 6.07) is 0. The van der Waals surface area contributed by atoms with E-state index in [0.29, 0.717) is 5.92 Å². The molecule has 1 saturated carbocycles. The summed E-state index contributed by atoms with van der Waals surface area (Å²) in [4.78, 5) is 9.01. The Labute approximate surface area is 93.3 Å². The maximum absolute atomic E-state index is 4.65. The van der Waals surface area contributed by atoms with E-state index in [0.717, 1.165) is 10.3 Å². The zero-order valence-electron chi connectivity index (χ0n) is 8.84. The van der Waals surface area contributed by atoms with Crippen LogP contribution in [0.15, 0.2) is 10.7 Å². The van der Waals surface area contributed by atoms with E-state index in [1.54, 1.807) is 0 Å². The molecule has 0 atom stereocenters. The molecule has 0 N–H and O–H groups in total. The topological polar surface area (TPSA) is 25.8 Å². The second-order valence-electron chi connectivity index (χ2n) is 4.95. The third-order valence-electron chi connectivity index (χ3n) is 2.41. The summed E-state index contributed by atoms with van der Waals surface area (Å²) in [5, 5.41) is 0. The molecule has 1 heterocycles. The number of aromatic nitrogens is 2. The molecule has 1 fully saturated rings. The largest absolute Gasteiger partial charge is 0.240 e. The average Bonchev–Trinajstić information content (AvgIpc) is 2.85. The van der Waals surface area contributed by atoms with Crippen LogP contribution in [-0.4, -0.2) is 9.97 Å². The van der Waals surface area contributed by atoms with Gasteiger partial charge in [-0.1, -0.05) is 20.8 Å². The third kappa shape index (κ3) is 1.97. The van der Waals surface area contributed by atoms with E-state index in [4.69, 9.17) is 0 Å². The molecular weight excluding hydrogens is 240 g/mol. The molecule has 0 spiro atoms. The number of hydrogen-bond acceptors (Lipinski definition) is 2. The number of rotatable bonds is 1. The molecule has 0 saturated heterocycles. The van der Waals surface area contributed by atoms with Gasteiger partial charge in [0.05, 0.1) is 10.2 Å². The summed E-state index contributed by atoms with van der Waals surface area (Å²) < 4.78 is 1.06. The van der Waals surface area contributed by atoms with E-state index in [2.05, 4.69) is 46.7 Å². The van der Waals surface area contributed by atoms with Crippen molar-refractivity contribution in [1.29, 1.82) is 0 Å². The van der Waals surface area contributed by atoms with Gasteiger partial charge in [-0.05, 0) is 28.8 Å². The van der Waals surface area contributed by atoms with Crippen LogP contribution < -0.4 is 0 Å². The van der Waals surface area contributed by atoms with Crippen molar-refractivity contribution in [3.63, 3.8) is 0 Å². The first-order valence-electron chi connectivity index (χ1n) is 5.01. The first-order chi connectivity index (χ1) is 6.48. The summed E-state index contributed by atoms with van der Waals surface area (Å²) in [6.45, 7) is 6.44. The normalized spacial score (nSPS) is 17.1. The van der Waals surface area contributed by atoms with E-state index in [1.807, 2.05) is 6.20 Å². The summed E-state index contributed by atoms with van der Waals surface area (Å²) >= 11 is 3.51. The fourth-order valence-electron chi connectivity index (χ4n) is 1.38. The lowest BCUT2D eigenvalue weighted by molar-refractivity contribution is 0.540. The lowest BCUT2D eigenvalue weighted by Gasteiger charge is -2.17.